The highest BCUT2D eigenvalue weighted by Crippen LogP contribution is 2.44. The number of amides is 1. The van der Waals surface area contributed by atoms with Crippen LogP contribution in [-0.2, 0) is 47.4 Å². The molecule has 0 saturated carbocycles. The number of alkyl carbamates (subject to hydrolysis) is 1. The Morgan fingerprint density at radius 2 is 0.857 bits per heavy atom. The van der Waals surface area contributed by atoms with Crippen LogP contribution in [0.2, 0.25) is 0 Å². The normalized spacial score (nSPS) is 12.3. The fourth-order valence-corrected chi connectivity index (χ4v) is 5.16. The minimum absolute atomic E-state index is 0.0528. The number of hydrogen-bond donors (Lipinski definition) is 1. The van der Waals surface area contributed by atoms with Crippen LogP contribution in [0.4, 0.5) is 4.79 Å². The van der Waals surface area contributed by atoms with Crippen LogP contribution in [0, 0.1) is 0 Å². The second-order valence-corrected chi connectivity index (χ2v) is 11.6. The van der Waals surface area contributed by atoms with Crippen LogP contribution in [0.5, 0.6) is 0 Å². The third-order valence-corrected chi connectivity index (χ3v) is 7.60. The van der Waals surface area contributed by atoms with Gasteiger partial charge in [0.15, 0.2) is 0 Å². The fourth-order valence-electron chi connectivity index (χ4n) is 4.93. The zero-order chi connectivity index (χ0) is 34.5. The van der Waals surface area contributed by atoms with Gasteiger partial charge in [0.05, 0.1) is 112 Å². The number of hydrogen-bond acceptors (Lipinski definition) is 11. The highest BCUT2D eigenvalue weighted by molar-refractivity contribution is 9.09. The van der Waals surface area contributed by atoms with Crippen LogP contribution < -0.4 is 5.32 Å². The molecule has 0 aromatic heterocycles. The maximum atomic E-state index is 12.2. The molecular weight excluding hydrogens is 702 g/mol. The summed E-state index contributed by atoms with van der Waals surface area (Å²) < 4.78 is 54.7. The molecule has 1 amide bonds. The second kappa shape index (κ2) is 28.5. The molecule has 0 fully saturated rings. The van der Waals surface area contributed by atoms with E-state index in [2.05, 4.69) is 45.5 Å². The Morgan fingerprint density at radius 1 is 0.510 bits per heavy atom. The molecule has 0 unspecified atom stereocenters. The van der Waals surface area contributed by atoms with E-state index in [1.54, 1.807) is 0 Å². The first-order chi connectivity index (χ1) is 24.3. The maximum Gasteiger partial charge on any atom is 0.407 e. The average Bonchev–Trinajstić information content (AvgIpc) is 3.45. The number of carbonyl (C=O) groups is 1. The lowest BCUT2D eigenvalue weighted by molar-refractivity contribution is -0.0247. The van der Waals surface area contributed by atoms with Gasteiger partial charge in [0.1, 0.15) is 6.61 Å². The molecule has 0 radical (unpaired) electrons. The second-order valence-electron chi connectivity index (χ2n) is 10.8. The van der Waals surface area contributed by atoms with Crippen LogP contribution in [0.25, 0.3) is 11.1 Å². The van der Waals surface area contributed by atoms with Gasteiger partial charge in [-0.05, 0) is 28.7 Å². The summed E-state index contributed by atoms with van der Waals surface area (Å²) in [5, 5.41) is 3.64. The van der Waals surface area contributed by atoms with Gasteiger partial charge in [0, 0.05) is 24.4 Å². The summed E-state index contributed by atoms with van der Waals surface area (Å²) in [5.41, 5.74) is 4.82. The number of carbonyl (C=O) groups excluding carboxylic acids is 1. The van der Waals surface area contributed by atoms with Crippen molar-refractivity contribution in [1.29, 1.82) is 0 Å². The van der Waals surface area contributed by atoms with E-state index in [-0.39, 0.29) is 5.92 Å². The van der Waals surface area contributed by atoms with Crippen molar-refractivity contribution in [3.63, 3.8) is 0 Å². The Kier molecular flexibility index (Phi) is 24.0. The maximum absolute atomic E-state index is 12.2. The van der Waals surface area contributed by atoms with Crippen LogP contribution in [-0.4, -0.2) is 143 Å². The van der Waals surface area contributed by atoms with Gasteiger partial charge >= 0.3 is 6.09 Å². The molecule has 1 aliphatic carbocycles. The molecule has 0 heterocycles. The van der Waals surface area contributed by atoms with Crippen molar-refractivity contribution in [1.82, 2.24) is 5.32 Å². The van der Waals surface area contributed by atoms with E-state index in [4.69, 9.17) is 47.4 Å². The predicted molar refractivity (Wildman–Crippen MR) is 189 cm³/mol. The first-order valence-corrected chi connectivity index (χ1v) is 18.3. The molecular formula is C36H54BrNO11. The third-order valence-electron chi connectivity index (χ3n) is 7.28. The third kappa shape index (κ3) is 18.6. The summed E-state index contributed by atoms with van der Waals surface area (Å²) in [7, 11) is 0. The van der Waals surface area contributed by atoms with Crippen molar-refractivity contribution in [2.45, 2.75) is 12.3 Å². The average molecular weight is 757 g/mol. The number of halogens is 1. The van der Waals surface area contributed by atoms with Gasteiger partial charge < -0.3 is 52.7 Å². The van der Waals surface area contributed by atoms with E-state index >= 15 is 0 Å². The van der Waals surface area contributed by atoms with Gasteiger partial charge in [-0.1, -0.05) is 64.5 Å². The van der Waals surface area contributed by atoms with E-state index in [0.717, 1.165) is 5.33 Å². The fraction of sp³-hybridized carbons (Fsp3) is 0.639. The Labute approximate surface area is 299 Å². The summed E-state index contributed by atoms with van der Waals surface area (Å²) in [6.45, 7) is 10.3. The summed E-state index contributed by atoms with van der Waals surface area (Å²) in [4.78, 5) is 12.2. The molecule has 0 saturated heterocycles. The van der Waals surface area contributed by atoms with Gasteiger partial charge in [-0.3, -0.25) is 0 Å². The van der Waals surface area contributed by atoms with Gasteiger partial charge in [0.25, 0.3) is 0 Å². The number of benzene rings is 2. The van der Waals surface area contributed by atoms with Crippen molar-refractivity contribution in [2.24, 2.45) is 0 Å². The van der Waals surface area contributed by atoms with E-state index in [0.29, 0.717) is 138 Å². The van der Waals surface area contributed by atoms with Gasteiger partial charge in [-0.2, -0.15) is 0 Å². The number of fused-ring (bicyclic) bond motifs is 3. The molecule has 13 heteroatoms. The molecule has 0 aliphatic heterocycles. The summed E-state index contributed by atoms with van der Waals surface area (Å²) >= 11 is 3.30. The van der Waals surface area contributed by atoms with Gasteiger partial charge in [-0.15, -0.1) is 0 Å². The molecule has 1 aliphatic rings. The highest BCUT2D eigenvalue weighted by atomic mass is 79.9. The van der Waals surface area contributed by atoms with Gasteiger partial charge in [0.2, 0.25) is 0 Å². The Bertz CT molecular complexity index is 1070. The Balaban J connectivity index is 0.979. The molecule has 276 valence electrons. The van der Waals surface area contributed by atoms with Crippen molar-refractivity contribution in [2.75, 3.05) is 137 Å². The number of alkyl halides is 1. The largest absolute Gasteiger partial charge is 0.449 e. The lowest BCUT2D eigenvalue weighted by Crippen LogP contribution is -2.27. The van der Waals surface area contributed by atoms with Crippen molar-refractivity contribution in [3.05, 3.63) is 59.7 Å². The van der Waals surface area contributed by atoms with Crippen LogP contribution in [0.3, 0.4) is 0 Å². The summed E-state index contributed by atoms with van der Waals surface area (Å²) in [6, 6.07) is 16.6. The van der Waals surface area contributed by atoms with Crippen molar-refractivity contribution >= 4 is 22.0 Å². The van der Waals surface area contributed by atoms with E-state index in [1.807, 2.05) is 24.3 Å². The Morgan fingerprint density at radius 3 is 1.24 bits per heavy atom. The molecule has 0 spiro atoms. The lowest BCUT2D eigenvalue weighted by Gasteiger charge is -2.14. The predicted octanol–water partition coefficient (Wildman–Crippen LogP) is 4.46. The van der Waals surface area contributed by atoms with Crippen molar-refractivity contribution < 1.29 is 52.2 Å². The highest BCUT2D eigenvalue weighted by Gasteiger charge is 2.28. The quantitative estimate of drug-likeness (QED) is 0.0842. The zero-order valence-electron chi connectivity index (χ0n) is 28.6. The topological polar surface area (TPSA) is 121 Å². The lowest BCUT2D eigenvalue weighted by atomic mass is 9.98. The van der Waals surface area contributed by atoms with Crippen LogP contribution >= 0.6 is 15.9 Å². The minimum Gasteiger partial charge on any atom is -0.449 e. The van der Waals surface area contributed by atoms with Crippen LogP contribution in [0.15, 0.2) is 48.5 Å². The SMILES string of the molecule is O=C(NCCCOCCOCCOCCOCCOCCOCCOCCOCCOCCBr)OCC1c2ccccc2-c2ccccc21. The molecule has 0 atom stereocenters. The van der Waals surface area contributed by atoms with E-state index in [9.17, 15) is 4.79 Å². The monoisotopic (exact) mass is 755 g/mol. The molecule has 0 bridgehead atoms. The van der Waals surface area contributed by atoms with E-state index < -0.39 is 6.09 Å². The number of nitrogens with one attached hydrogen (secondary N) is 1. The first-order valence-electron chi connectivity index (χ1n) is 17.2. The van der Waals surface area contributed by atoms with Crippen molar-refractivity contribution in [3.8, 4) is 11.1 Å². The summed E-state index contributed by atoms with van der Waals surface area (Å²) in [5.74, 6) is 0.0528. The minimum atomic E-state index is -0.413. The molecule has 49 heavy (non-hydrogen) atoms. The number of rotatable bonds is 32. The zero-order valence-corrected chi connectivity index (χ0v) is 30.2. The van der Waals surface area contributed by atoms with Gasteiger partial charge in [-0.25, -0.2) is 4.79 Å². The molecule has 12 nitrogen and oxygen atoms in total. The molecule has 1 N–H and O–H groups in total. The Hall–Kier alpha value is -2.17. The number of ether oxygens (including phenoxy) is 10. The van der Waals surface area contributed by atoms with Crippen LogP contribution in [0.1, 0.15) is 23.5 Å². The van der Waals surface area contributed by atoms with E-state index in [1.165, 1.54) is 22.3 Å². The standard InChI is InChI=1S/C36H54BrNO11/c37-10-13-41-15-17-43-19-21-45-23-25-47-27-29-48-28-26-46-24-22-44-20-18-42-16-14-40-12-5-11-38-36(39)49-30-35-33-8-3-1-6-31(33)32-7-2-4-9-34(32)35/h1-4,6-9,35H,5,10-30H2,(H,38,39). The summed E-state index contributed by atoms with van der Waals surface area (Å²) in [6.07, 6.45) is 0.276. The molecule has 2 aromatic rings. The molecule has 3 rings (SSSR count). The first kappa shape index (κ1) is 41.3. The smallest absolute Gasteiger partial charge is 0.407 e. The molecule has 2 aromatic carbocycles.